The molecule has 2 nitrogen and oxygen atoms in total. The highest BCUT2D eigenvalue weighted by atomic mass is 15.1. The molecule has 0 saturated heterocycles. The van der Waals surface area contributed by atoms with E-state index in [0.717, 1.165) is 12.5 Å². The van der Waals surface area contributed by atoms with Gasteiger partial charge in [-0.25, -0.2) is 4.98 Å². The summed E-state index contributed by atoms with van der Waals surface area (Å²) in [6.45, 7) is 4.30. The molecule has 0 N–H and O–H groups in total. The van der Waals surface area contributed by atoms with Gasteiger partial charge in [0, 0.05) is 23.3 Å². The Balaban J connectivity index is 2.22. The summed E-state index contributed by atoms with van der Waals surface area (Å²) in [4.78, 5) is 4.73. The van der Waals surface area contributed by atoms with Crippen LogP contribution in [0.2, 0.25) is 0 Å². The van der Waals surface area contributed by atoms with Gasteiger partial charge in [-0.2, -0.15) is 0 Å². The molecule has 2 heteroatoms. The first-order valence-corrected chi connectivity index (χ1v) is 5.76. The Morgan fingerprint density at radius 1 is 1.47 bits per heavy atom. The van der Waals surface area contributed by atoms with Crippen molar-refractivity contribution in [3.63, 3.8) is 0 Å². The summed E-state index contributed by atoms with van der Waals surface area (Å²) >= 11 is 0. The maximum Gasteiger partial charge on any atom is 0.140 e. The Kier molecular flexibility index (Phi) is 1.84. The van der Waals surface area contributed by atoms with E-state index in [-0.39, 0.29) is 0 Å². The molecule has 1 fully saturated rings. The van der Waals surface area contributed by atoms with Gasteiger partial charge in [0.25, 0.3) is 0 Å². The topological polar surface area (TPSA) is 17.8 Å². The molecule has 0 amide bonds. The van der Waals surface area contributed by atoms with Crippen molar-refractivity contribution in [1.29, 1.82) is 0 Å². The number of rotatable bonds is 2. The summed E-state index contributed by atoms with van der Waals surface area (Å²) in [5, 5.41) is 1.30. The molecule has 78 valence electrons. The van der Waals surface area contributed by atoms with Crippen molar-refractivity contribution < 1.29 is 0 Å². The van der Waals surface area contributed by atoms with Gasteiger partial charge in [0.15, 0.2) is 0 Å². The second-order valence-electron chi connectivity index (χ2n) is 4.45. The van der Waals surface area contributed by atoms with Crippen molar-refractivity contribution in [3.05, 3.63) is 29.6 Å². The van der Waals surface area contributed by atoms with Gasteiger partial charge in [0.1, 0.15) is 5.65 Å². The van der Waals surface area contributed by atoms with Gasteiger partial charge in [-0.3, -0.25) is 0 Å². The van der Waals surface area contributed by atoms with Gasteiger partial charge in [-0.1, -0.05) is 6.92 Å². The minimum Gasteiger partial charge on any atom is -0.329 e. The van der Waals surface area contributed by atoms with Gasteiger partial charge in [0.2, 0.25) is 0 Å². The Morgan fingerprint density at radius 3 is 2.93 bits per heavy atom. The van der Waals surface area contributed by atoms with Crippen molar-refractivity contribution in [2.24, 2.45) is 0 Å². The van der Waals surface area contributed by atoms with E-state index in [0.29, 0.717) is 0 Å². The van der Waals surface area contributed by atoms with Crippen LogP contribution in [0, 0.1) is 6.92 Å². The van der Waals surface area contributed by atoms with Crippen LogP contribution >= 0.6 is 0 Å². The van der Waals surface area contributed by atoms with E-state index in [1.807, 2.05) is 0 Å². The van der Waals surface area contributed by atoms with Crippen molar-refractivity contribution in [2.45, 2.75) is 39.2 Å². The largest absolute Gasteiger partial charge is 0.329 e. The average Bonchev–Trinajstić information content (AvgIpc) is 2.99. The zero-order valence-electron chi connectivity index (χ0n) is 9.33. The highest BCUT2D eigenvalue weighted by Gasteiger charge is 2.24. The summed E-state index contributed by atoms with van der Waals surface area (Å²) in [6, 6.07) is 5.21. The molecule has 15 heavy (non-hydrogen) atoms. The van der Waals surface area contributed by atoms with E-state index in [1.165, 1.54) is 35.1 Å². The number of aromatic nitrogens is 2. The van der Waals surface area contributed by atoms with Crippen molar-refractivity contribution >= 4 is 11.0 Å². The van der Waals surface area contributed by atoms with Crippen LogP contribution in [0.3, 0.4) is 0 Å². The molecule has 0 aliphatic heterocycles. The summed E-state index contributed by atoms with van der Waals surface area (Å²) < 4.78 is 2.34. The SMILES string of the molecule is CCc1cc2ccn(C3CC3)c2nc1C. The first-order chi connectivity index (χ1) is 7.29. The van der Waals surface area contributed by atoms with Gasteiger partial charge in [-0.05, 0) is 43.9 Å². The number of pyridine rings is 1. The zero-order chi connectivity index (χ0) is 10.4. The monoisotopic (exact) mass is 200 g/mol. The summed E-state index contributed by atoms with van der Waals surface area (Å²) in [7, 11) is 0. The third-order valence-electron chi connectivity index (χ3n) is 3.31. The Labute approximate surface area is 89.9 Å². The van der Waals surface area contributed by atoms with Crippen molar-refractivity contribution in [3.8, 4) is 0 Å². The predicted molar refractivity (Wildman–Crippen MR) is 62.1 cm³/mol. The van der Waals surface area contributed by atoms with Crippen LogP contribution in [-0.2, 0) is 6.42 Å². The zero-order valence-corrected chi connectivity index (χ0v) is 9.33. The van der Waals surface area contributed by atoms with Gasteiger partial charge in [0.05, 0.1) is 0 Å². The number of hydrogen-bond acceptors (Lipinski definition) is 1. The highest BCUT2D eigenvalue weighted by Crippen LogP contribution is 2.37. The molecule has 2 aromatic rings. The van der Waals surface area contributed by atoms with E-state index in [2.05, 4.69) is 36.7 Å². The van der Waals surface area contributed by atoms with Crippen LogP contribution in [0.15, 0.2) is 18.3 Å². The molecular formula is C13H16N2. The maximum atomic E-state index is 4.73. The van der Waals surface area contributed by atoms with Crippen LogP contribution < -0.4 is 0 Å². The van der Waals surface area contributed by atoms with E-state index < -0.39 is 0 Å². The van der Waals surface area contributed by atoms with E-state index in [4.69, 9.17) is 4.98 Å². The van der Waals surface area contributed by atoms with Crippen LogP contribution in [0.25, 0.3) is 11.0 Å². The molecule has 0 unspecified atom stereocenters. The Hall–Kier alpha value is -1.31. The molecule has 0 atom stereocenters. The molecule has 1 saturated carbocycles. The minimum atomic E-state index is 0.724. The number of fused-ring (bicyclic) bond motifs is 1. The van der Waals surface area contributed by atoms with Crippen molar-refractivity contribution in [1.82, 2.24) is 9.55 Å². The minimum absolute atomic E-state index is 0.724. The molecule has 0 radical (unpaired) electrons. The van der Waals surface area contributed by atoms with Crippen molar-refractivity contribution in [2.75, 3.05) is 0 Å². The van der Waals surface area contributed by atoms with Crippen LogP contribution in [0.5, 0.6) is 0 Å². The maximum absolute atomic E-state index is 4.73. The smallest absolute Gasteiger partial charge is 0.140 e. The molecule has 3 rings (SSSR count). The van der Waals surface area contributed by atoms with E-state index in [1.54, 1.807) is 0 Å². The average molecular weight is 200 g/mol. The molecule has 0 bridgehead atoms. The fraction of sp³-hybridized carbons (Fsp3) is 0.462. The summed E-state index contributed by atoms with van der Waals surface area (Å²) in [5.74, 6) is 0. The van der Waals surface area contributed by atoms with Gasteiger partial charge < -0.3 is 4.57 Å². The Bertz CT molecular complexity index is 506. The lowest BCUT2D eigenvalue weighted by atomic mass is 10.1. The lowest BCUT2D eigenvalue weighted by Crippen LogP contribution is -1.97. The second-order valence-corrected chi connectivity index (χ2v) is 4.45. The van der Waals surface area contributed by atoms with Crippen LogP contribution in [0.4, 0.5) is 0 Å². The van der Waals surface area contributed by atoms with E-state index in [9.17, 15) is 0 Å². The molecule has 1 aliphatic rings. The number of nitrogens with zero attached hydrogens (tertiary/aromatic N) is 2. The fourth-order valence-corrected chi connectivity index (χ4v) is 2.22. The first-order valence-electron chi connectivity index (χ1n) is 5.76. The summed E-state index contributed by atoms with van der Waals surface area (Å²) in [5.41, 5.74) is 3.73. The molecule has 2 aromatic heterocycles. The molecule has 0 spiro atoms. The molecule has 0 aromatic carbocycles. The highest BCUT2D eigenvalue weighted by molar-refractivity contribution is 5.77. The van der Waals surface area contributed by atoms with E-state index >= 15 is 0 Å². The van der Waals surface area contributed by atoms with Gasteiger partial charge in [-0.15, -0.1) is 0 Å². The first kappa shape index (κ1) is 8.96. The molecular weight excluding hydrogens is 184 g/mol. The fourth-order valence-electron chi connectivity index (χ4n) is 2.22. The number of hydrogen-bond donors (Lipinski definition) is 0. The normalized spacial score (nSPS) is 16.1. The standard InChI is InChI=1S/C13H16N2/c1-3-10-8-11-6-7-15(12-4-5-12)13(11)14-9(10)2/h6-8,12H,3-5H2,1-2H3. The predicted octanol–water partition coefficient (Wildman–Crippen LogP) is 3.24. The lowest BCUT2D eigenvalue weighted by Gasteiger charge is -2.05. The third-order valence-corrected chi connectivity index (χ3v) is 3.31. The third kappa shape index (κ3) is 1.36. The van der Waals surface area contributed by atoms with Gasteiger partial charge >= 0.3 is 0 Å². The van der Waals surface area contributed by atoms with Crippen LogP contribution in [0.1, 0.15) is 37.1 Å². The van der Waals surface area contributed by atoms with Crippen LogP contribution in [-0.4, -0.2) is 9.55 Å². The molecule has 1 aliphatic carbocycles. The second kappa shape index (κ2) is 3.09. The quantitative estimate of drug-likeness (QED) is 0.727. The molecule has 2 heterocycles. The lowest BCUT2D eigenvalue weighted by molar-refractivity contribution is 0.764. The Morgan fingerprint density at radius 2 is 2.27 bits per heavy atom. The number of aryl methyl sites for hydroxylation is 2. The summed E-state index contributed by atoms with van der Waals surface area (Å²) in [6.07, 6.45) is 5.90.